The summed E-state index contributed by atoms with van der Waals surface area (Å²) in [6, 6.07) is 0.518. The lowest BCUT2D eigenvalue weighted by Gasteiger charge is -2.21. The van der Waals surface area contributed by atoms with Crippen LogP contribution in [0.3, 0.4) is 0 Å². The van der Waals surface area contributed by atoms with Crippen molar-refractivity contribution in [3.8, 4) is 0 Å². The van der Waals surface area contributed by atoms with Crippen molar-refractivity contribution < 1.29 is 0 Å². The van der Waals surface area contributed by atoms with Crippen LogP contribution in [-0.4, -0.2) is 15.5 Å². The van der Waals surface area contributed by atoms with E-state index < -0.39 is 3.78 Å². The van der Waals surface area contributed by atoms with E-state index in [0.29, 0.717) is 6.04 Å². The molecule has 0 saturated heterocycles. The van der Waals surface area contributed by atoms with E-state index in [-0.39, 0.29) is 0 Å². The average molecular weight is 267 g/mol. The second-order valence-electron chi connectivity index (χ2n) is 3.89. The van der Waals surface area contributed by atoms with Crippen LogP contribution in [0.1, 0.15) is 46.0 Å². The van der Waals surface area contributed by atoms with Gasteiger partial charge in [0.15, 0.2) is 0 Å². The summed E-state index contributed by atoms with van der Waals surface area (Å²) in [7, 11) is 0. The van der Waals surface area contributed by atoms with Gasteiger partial charge >= 0.3 is 0 Å². The quantitative estimate of drug-likeness (QED) is 0.526. The minimum Gasteiger partial charge on any atom is -0.288 e. The Bertz CT molecular complexity index is 190. The molecule has 0 heterocycles. The molecule has 0 aromatic carbocycles. The fourth-order valence-corrected chi connectivity index (χ4v) is 1.75. The molecular formula is C10H17BrClN. The molecule has 0 aromatic rings. The molecule has 0 aromatic heterocycles. The highest BCUT2D eigenvalue weighted by atomic mass is 79.9. The molecule has 0 radical (unpaired) electrons. The van der Waals surface area contributed by atoms with Gasteiger partial charge in [0, 0.05) is 11.8 Å². The number of halogens is 2. The highest BCUT2D eigenvalue weighted by Gasteiger charge is 2.21. The van der Waals surface area contributed by atoms with Crippen LogP contribution in [0.4, 0.5) is 0 Å². The van der Waals surface area contributed by atoms with Gasteiger partial charge in [-0.05, 0) is 26.7 Å². The molecule has 0 amide bonds. The van der Waals surface area contributed by atoms with Crippen molar-refractivity contribution in [3.05, 3.63) is 0 Å². The number of nitrogens with zero attached hydrogens (tertiary/aromatic N) is 1. The summed E-state index contributed by atoms with van der Waals surface area (Å²) in [6.45, 7) is 3.92. The standard InChI is InChI=1S/C10H17BrClN/c1-8(10(2,11)12)13-9-6-4-3-5-7-9/h9H,3-7H2,1-2H3. The van der Waals surface area contributed by atoms with Crippen molar-refractivity contribution in [1.29, 1.82) is 0 Å². The van der Waals surface area contributed by atoms with Crippen molar-refractivity contribution in [2.45, 2.75) is 55.8 Å². The van der Waals surface area contributed by atoms with Gasteiger partial charge in [0.2, 0.25) is 0 Å². The third-order valence-corrected chi connectivity index (χ3v) is 3.43. The molecule has 1 aliphatic carbocycles. The Kier molecular flexibility index (Phi) is 4.24. The molecule has 1 fully saturated rings. The second-order valence-corrected chi connectivity index (χ2v) is 6.69. The maximum absolute atomic E-state index is 6.09. The zero-order valence-corrected chi connectivity index (χ0v) is 10.7. The molecule has 1 nitrogen and oxygen atoms in total. The van der Waals surface area contributed by atoms with Crippen LogP contribution >= 0.6 is 27.5 Å². The molecule has 0 N–H and O–H groups in total. The van der Waals surface area contributed by atoms with Gasteiger partial charge in [-0.15, -0.1) is 11.6 Å². The summed E-state index contributed by atoms with van der Waals surface area (Å²) in [6.07, 6.45) is 6.48. The molecule has 0 bridgehead atoms. The molecule has 1 atom stereocenters. The third-order valence-electron chi connectivity index (χ3n) is 2.59. The minimum absolute atomic E-state index is 0.454. The first-order valence-corrected chi connectivity index (χ1v) is 6.10. The van der Waals surface area contributed by atoms with Crippen LogP contribution in [0.2, 0.25) is 0 Å². The average Bonchev–Trinajstić information content (AvgIpc) is 2.04. The van der Waals surface area contributed by atoms with E-state index in [2.05, 4.69) is 20.9 Å². The van der Waals surface area contributed by atoms with Crippen molar-refractivity contribution >= 4 is 33.2 Å². The number of alkyl halides is 2. The second kappa shape index (κ2) is 4.79. The Morgan fingerprint density at radius 3 is 2.38 bits per heavy atom. The predicted octanol–water partition coefficient (Wildman–Crippen LogP) is 4.13. The Morgan fingerprint density at radius 2 is 1.92 bits per heavy atom. The summed E-state index contributed by atoms with van der Waals surface area (Å²) in [5.74, 6) is 0. The highest BCUT2D eigenvalue weighted by Crippen LogP contribution is 2.27. The summed E-state index contributed by atoms with van der Waals surface area (Å²) in [4.78, 5) is 4.65. The topological polar surface area (TPSA) is 12.4 Å². The molecule has 76 valence electrons. The van der Waals surface area contributed by atoms with E-state index in [4.69, 9.17) is 11.6 Å². The molecular weight excluding hydrogens is 249 g/mol. The molecule has 0 spiro atoms. The lowest BCUT2D eigenvalue weighted by molar-refractivity contribution is 0.443. The van der Waals surface area contributed by atoms with Gasteiger partial charge in [-0.3, -0.25) is 4.99 Å². The Hall–Kier alpha value is 0.440. The van der Waals surface area contributed by atoms with E-state index in [0.717, 1.165) is 5.71 Å². The number of aliphatic imine (C=N–C) groups is 1. The van der Waals surface area contributed by atoms with Gasteiger partial charge in [-0.2, -0.15) is 0 Å². The first-order chi connectivity index (χ1) is 6.00. The fourth-order valence-electron chi connectivity index (χ4n) is 1.60. The molecule has 1 aliphatic rings. The van der Waals surface area contributed by atoms with Crippen LogP contribution in [0, 0.1) is 0 Å². The molecule has 1 unspecified atom stereocenters. The third kappa shape index (κ3) is 3.99. The van der Waals surface area contributed by atoms with Gasteiger partial charge in [0.1, 0.15) is 3.78 Å². The van der Waals surface area contributed by atoms with E-state index in [1.54, 1.807) is 0 Å². The highest BCUT2D eigenvalue weighted by molar-refractivity contribution is 9.10. The summed E-state index contributed by atoms with van der Waals surface area (Å²) >= 11 is 9.49. The predicted molar refractivity (Wildman–Crippen MR) is 63.2 cm³/mol. The van der Waals surface area contributed by atoms with Gasteiger partial charge < -0.3 is 0 Å². The smallest absolute Gasteiger partial charge is 0.133 e. The van der Waals surface area contributed by atoms with Crippen molar-refractivity contribution in [3.63, 3.8) is 0 Å². The largest absolute Gasteiger partial charge is 0.288 e. The van der Waals surface area contributed by atoms with Gasteiger partial charge in [-0.1, -0.05) is 35.2 Å². The van der Waals surface area contributed by atoms with E-state index in [1.165, 1.54) is 32.1 Å². The van der Waals surface area contributed by atoms with Crippen molar-refractivity contribution in [2.24, 2.45) is 4.99 Å². The van der Waals surface area contributed by atoms with Crippen LogP contribution in [0.25, 0.3) is 0 Å². The van der Waals surface area contributed by atoms with E-state index in [9.17, 15) is 0 Å². The summed E-state index contributed by atoms with van der Waals surface area (Å²) in [5, 5.41) is 0. The number of rotatable bonds is 2. The molecule has 3 heteroatoms. The Balaban J connectivity index is 2.53. The van der Waals surface area contributed by atoms with E-state index in [1.807, 2.05) is 13.8 Å². The van der Waals surface area contributed by atoms with Crippen molar-refractivity contribution in [2.75, 3.05) is 0 Å². The number of hydrogen-bond acceptors (Lipinski definition) is 1. The maximum Gasteiger partial charge on any atom is 0.133 e. The molecule has 1 saturated carbocycles. The lowest BCUT2D eigenvalue weighted by Crippen LogP contribution is -2.21. The van der Waals surface area contributed by atoms with Crippen LogP contribution in [-0.2, 0) is 0 Å². The maximum atomic E-state index is 6.09. The fraction of sp³-hybridized carbons (Fsp3) is 0.900. The molecule has 0 aliphatic heterocycles. The van der Waals surface area contributed by atoms with Crippen LogP contribution < -0.4 is 0 Å². The van der Waals surface area contributed by atoms with Crippen LogP contribution in [0.15, 0.2) is 4.99 Å². The Labute approximate surface area is 94.1 Å². The minimum atomic E-state index is -0.454. The SMILES string of the molecule is CC(=NC1CCCCC1)C(C)(Cl)Br. The molecule has 1 rings (SSSR count). The normalized spacial score (nSPS) is 25.7. The lowest BCUT2D eigenvalue weighted by atomic mass is 9.96. The first kappa shape index (κ1) is 11.5. The summed E-state index contributed by atoms with van der Waals surface area (Å²) in [5.41, 5.74) is 1.00. The van der Waals surface area contributed by atoms with E-state index >= 15 is 0 Å². The van der Waals surface area contributed by atoms with Gasteiger partial charge in [0.05, 0.1) is 0 Å². The van der Waals surface area contributed by atoms with Crippen LogP contribution in [0.5, 0.6) is 0 Å². The monoisotopic (exact) mass is 265 g/mol. The van der Waals surface area contributed by atoms with Crippen molar-refractivity contribution in [1.82, 2.24) is 0 Å². The molecule has 13 heavy (non-hydrogen) atoms. The zero-order chi connectivity index (χ0) is 9.90. The zero-order valence-electron chi connectivity index (χ0n) is 8.32. The van der Waals surface area contributed by atoms with Gasteiger partial charge in [0.25, 0.3) is 0 Å². The Morgan fingerprint density at radius 1 is 1.38 bits per heavy atom. The summed E-state index contributed by atoms with van der Waals surface area (Å²) < 4.78 is -0.454. The first-order valence-electron chi connectivity index (χ1n) is 4.93. The number of hydrogen-bond donors (Lipinski definition) is 0. The van der Waals surface area contributed by atoms with Gasteiger partial charge in [-0.25, -0.2) is 0 Å².